The van der Waals surface area contributed by atoms with Crippen molar-refractivity contribution in [3.8, 4) is 0 Å². The lowest BCUT2D eigenvalue weighted by Crippen LogP contribution is -2.50. The van der Waals surface area contributed by atoms with Crippen molar-refractivity contribution >= 4 is 0 Å². The molecule has 92 valence electrons. The van der Waals surface area contributed by atoms with E-state index in [-0.39, 0.29) is 0 Å². The van der Waals surface area contributed by atoms with Gasteiger partial charge in [0.25, 0.3) is 0 Å². The molecule has 0 aromatic rings. The predicted molar refractivity (Wildman–Crippen MR) is 67.5 cm³/mol. The fraction of sp³-hybridized carbons (Fsp3) is 1.00. The number of rotatable bonds is 4. The van der Waals surface area contributed by atoms with E-state index >= 15 is 0 Å². The van der Waals surface area contributed by atoms with Crippen molar-refractivity contribution in [2.24, 2.45) is 11.8 Å². The first-order valence-corrected chi connectivity index (χ1v) is 7.28. The summed E-state index contributed by atoms with van der Waals surface area (Å²) >= 11 is 0. The molecule has 2 unspecified atom stereocenters. The zero-order valence-electron chi connectivity index (χ0n) is 10.6. The molecule has 0 aromatic heterocycles. The van der Waals surface area contributed by atoms with E-state index in [9.17, 15) is 0 Å². The molecule has 2 heteroatoms. The molecule has 2 aliphatic carbocycles. The third-order valence-electron chi connectivity index (χ3n) is 4.67. The molecule has 16 heavy (non-hydrogen) atoms. The van der Waals surface area contributed by atoms with Gasteiger partial charge >= 0.3 is 0 Å². The molecule has 3 rings (SSSR count). The second kappa shape index (κ2) is 4.66. The van der Waals surface area contributed by atoms with Gasteiger partial charge in [-0.25, -0.2) is 0 Å². The zero-order valence-corrected chi connectivity index (χ0v) is 10.6. The van der Waals surface area contributed by atoms with E-state index in [0.29, 0.717) is 0 Å². The molecule has 0 amide bonds. The second-order valence-corrected chi connectivity index (χ2v) is 6.43. The Bertz CT molecular complexity index is 233. The van der Waals surface area contributed by atoms with Crippen molar-refractivity contribution < 1.29 is 0 Å². The van der Waals surface area contributed by atoms with Crippen LogP contribution in [0, 0.1) is 11.8 Å². The van der Waals surface area contributed by atoms with Crippen LogP contribution < -0.4 is 5.32 Å². The Balaban J connectivity index is 1.45. The van der Waals surface area contributed by atoms with Gasteiger partial charge < -0.3 is 5.32 Å². The van der Waals surface area contributed by atoms with E-state index in [1.54, 1.807) is 0 Å². The highest BCUT2D eigenvalue weighted by molar-refractivity contribution is 4.91. The van der Waals surface area contributed by atoms with E-state index in [1.165, 1.54) is 58.2 Å². The van der Waals surface area contributed by atoms with Gasteiger partial charge in [0, 0.05) is 25.2 Å². The first kappa shape index (κ1) is 11.0. The average Bonchev–Trinajstić information content (AvgIpc) is 2.97. The quantitative estimate of drug-likeness (QED) is 0.785. The van der Waals surface area contributed by atoms with Crippen molar-refractivity contribution in [2.75, 3.05) is 19.6 Å². The van der Waals surface area contributed by atoms with Crippen molar-refractivity contribution in [1.29, 1.82) is 0 Å². The lowest BCUT2D eigenvalue weighted by atomic mass is 9.85. The number of hydrogen-bond donors (Lipinski definition) is 1. The molecule has 2 atom stereocenters. The third kappa shape index (κ3) is 2.60. The summed E-state index contributed by atoms with van der Waals surface area (Å²) in [4.78, 5) is 2.74. The predicted octanol–water partition coefficient (Wildman–Crippen LogP) is 2.25. The van der Waals surface area contributed by atoms with Gasteiger partial charge in [0.05, 0.1) is 0 Å². The van der Waals surface area contributed by atoms with E-state index in [1.807, 2.05) is 0 Å². The molecule has 0 aromatic carbocycles. The lowest BCUT2D eigenvalue weighted by molar-refractivity contribution is 0.135. The second-order valence-electron chi connectivity index (χ2n) is 6.43. The van der Waals surface area contributed by atoms with Crippen LogP contribution in [0.2, 0.25) is 0 Å². The van der Waals surface area contributed by atoms with Crippen LogP contribution in [0.4, 0.5) is 0 Å². The highest BCUT2D eigenvalue weighted by atomic mass is 15.2. The summed E-state index contributed by atoms with van der Waals surface area (Å²) in [5.74, 6) is 1.90. The maximum atomic E-state index is 3.82. The number of hydrogen-bond acceptors (Lipinski definition) is 2. The minimum atomic E-state index is 0.782. The minimum Gasteiger partial charge on any atom is -0.312 e. The summed E-state index contributed by atoms with van der Waals surface area (Å²) in [5, 5.41) is 3.82. The Morgan fingerprint density at radius 3 is 2.56 bits per heavy atom. The molecule has 3 fully saturated rings. The summed E-state index contributed by atoms with van der Waals surface area (Å²) in [5.41, 5.74) is 0. The zero-order chi connectivity index (χ0) is 11.0. The van der Waals surface area contributed by atoms with Crippen LogP contribution in [0.15, 0.2) is 0 Å². The molecule has 2 saturated carbocycles. The lowest BCUT2D eigenvalue weighted by Gasteiger charge is -2.38. The summed E-state index contributed by atoms with van der Waals surface area (Å²) < 4.78 is 0. The van der Waals surface area contributed by atoms with E-state index in [2.05, 4.69) is 17.1 Å². The number of nitrogens with zero attached hydrogens (tertiary/aromatic N) is 1. The molecule has 3 aliphatic rings. The van der Waals surface area contributed by atoms with E-state index < -0.39 is 0 Å². The Hall–Kier alpha value is -0.0800. The SMILES string of the molecule is CC1CC(NCC2CCC2)CN(C2CC2)C1. The summed E-state index contributed by atoms with van der Waals surface area (Å²) in [6, 6.07) is 1.74. The molecule has 1 saturated heterocycles. The number of likely N-dealkylation sites (tertiary alicyclic amines) is 1. The van der Waals surface area contributed by atoms with Gasteiger partial charge in [-0.3, -0.25) is 4.90 Å². The number of piperidine rings is 1. The van der Waals surface area contributed by atoms with Crippen LogP contribution in [-0.4, -0.2) is 36.6 Å². The molecule has 2 nitrogen and oxygen atoms in total. The Morgan fingerprint density at radius 2 is 1.94 bits per heavy atom. The van der Waals surface area contributed by atoms with Gasteiger partial charge in [-0.05, 0) is 50.5 Å². The van der Waals surface area contributed by atoms with Gasteiger partial charge in [-0.1, -0.05) is 13.3 Å². The van der Waals surface area contributed by atoms with Crippen molar-refractivity contribution in [3.63, 3.8) is 0 Å². The molecule has 1 aliphatic heterocycles. The molecule has 1 N–H and O–H groups in total. The van der Waals surface area contributed by atoms with Crippen LogP contribution in [0.5, 0.6) is 0 Å². The molecular weight excluding hydrogens is 196 g/mol. The summed E-state index contributed by atoms with van der Waals surface area (Å²) in [6.07, 6.45) is 8.74. The molecule has 0 bridgehead atoms. The standard InChI is InChI=1S/C14H26N2/c1-11-7-13(15-8-12-3-2-4-12)10-16(9-11)14-5-6-14/h11-15H,2-10H2,1H3. The van der Waals surface area contributed by atoms with Gasteiger partial charge in [-0.2, -0.15) is 0 Å². The van der Waals surface area contributed by atoms with Crippen molar-refractivity contribution in [1.82, 2.24) is 10.2 Å². The molecule has 0 radical (unpaired) electrons. The summed E-state index contributed by atoms with van der Waals surface area (Å²) in [6.45, 7) is 6.39. The topological polar surface area (TPSA) is 15.3 Å². The van der Waals surface area contributed by atoms with Crippen LogP contribution >= 0.6 is 0 Å². The van der Waals surface area contributed by atoms with E-state index in [0.717, 1.165) is 23.9 Å². The van der Waals surface area contributed by atoms with Crippen molar-refractivity contribution in [2.45, 2.75) is 57.5 Å². The fourth-order valence-electron chi connectivity index (χ4n) is 3.31. The summed E-state index contributed by atoms with van der Waals surface area (Å²) in [7, 11) is 0. The van der Waals surface area contributed by atoms with Crippen LogP contribution in [0.25, 0.3) is 0 Å². The number of nitrogens with one attached hydrogen (secondary N) is 1. The maximum Gasteiger partial charge on any atom is 0.0198 e. The van der Waals surface area contributed by atoms with Gasteiger partial charge in [0.2, 0.25) is 0 Å². The van der Waals surface area contributed by atoms with Crippen LogP contribution in [0.3, 0.4) is 0 Å². The first-order chi connectivity index (χ1) is 7.81. The monoisotopic (exact) mass is 222 g/mol. The highest BCUT2D eigenvalue weighted by Gasteiger charge is 2.34. The third-order valence-corrected chi connectivity index (χ3v) is 4.67. The maximum absolute atomic E-state index is 3.82. The first-order valence-electron chi connectivity index (χ1n) is 7.28. The smallest absolute Gasteiger partial charge is 0.0198 e. The van der Waals surface area contributed by atoms with Gasteiger partial charge in [-0.15, -0.1) is 0 Å². The van der Waals surface area contributed by atoms with Gasteiger partial charge in [0.15, 0.2) is 0 Å². The molecule has 1 heterocycles. The molecule has 0 spiro atoms. The van der Waals surface area contributed by atoms with E-state index in [4.69, 9.17) is 0 Å². The average molecular weight is 222 g/mol. The van der Waals surface area contributed by atoms with Crippen LogP contribution in [0.1, 0.15) is 45.4 Å². The van der Waals surface area contributed by atoms with Crippen LogP contribution in [-0.2, 0) is 0 Å². The Morgan fingerprint density at radius 1 is 1.12 bits per heavy atom. The highest BCUT2D eigenvalue weighted by Crippen LogP contribution is 2.31. The van der Waals surface area contributed by atoms with Crippen molar-refractivity contribution in [3.05, 3.63) is 0 Å². The Kier molecular flexibility index (Phi) is 3.21. The minimum absolute atomic E-state index is 0.782. The fourth-order valence-corrected chi connectivity index (χ4v) is 3.31. The largest absolute Gasteiger partial charge is 0.312 e. The van der Waals surface area contributed by atoms with Gasteiger partial charge in [0.1, 0.15) is 0 Å². The Labute approximate surface area is 99.8 Å². The normalized spacial score (nSPS) is 37.3. The molecular formula is C14H26N2.